The van der Waals surface area contributed by atoms with Gasteiger partial charge in [0.15, 0.2) is 5.75 Å². The summed E-state index contributed by atoms with van der Waals surface area (Å²) in [6, 6.07) is 5.85. The topological polar surface area (TPSA) is 103 Å². The predicted octanol–water partition coefficient (Wildman–Crippen LogP) is 3.26. The Bertz CT molecular complexity index is 778. The molecule has 0 saturated heterocycles. The molecule has 0 aromatic heterocycles. The van der Waals surface area contributed by atoms with Gasteiger partial charge >= 0.3 is 0 Å². The number of hydrogen-bond acceptors (Lipinski definition) is 6. The van der Waals surface area contributed by atoms with E-state index in [-0.39, 0.29) is 0 Å². The summed E-state index contributed by atoms with van der Waals surface area (Å²) in [5.41, 5.74) is 1.57. The minimum absolute atomic E-state index is 0.322. The van der Waals surface area contributed by atoms with E-state index in [9.17, 15) is 8.42 Å². The molecule has 1 aromatic rings. The smallest absolute Gasteiger partial charge is 0.235 e. The van der Waals surface area contributed by atoms with Crippen molar-refractivity contribution in [2.24, 2.45) is 0 Å². The quantitative estimate of drug-likeness (QED) is 0.612. The van der Waals surface area contributed by atoms with E-state index in [1.807, 2.05) is 12.1 Å². The third-order valence-corrected chi connectivity index (χ3v) is 5.82. The van der Waals surface area contributed by atoms with Crippen molar-refractivity contribution in [2.75, 3.05) is 22.5 Å². The first kappa shape index (κ1) is 18.9. The lowest BCUT2D eigenvalue weighted by molar-refractivity contribution is 0.412. The van der Waals surface area contributed by atoms with Crippen LogP contribution in [0.3, 0.4) is 0 Å². The molecule has 0 atom stereocenters. The zero-order chi connectivity index (χ0) is 18.4. The summed E-state index contributed by atoms with van der Waals surface area (Å²) in [5, 5.41) is 14.3. The van der Waals surface area contributed by atoms with Crippen molar-refractivity contribution >= 4 is 27.1 Å². The van der Waals surface area contributed by atoms with Crippen LogP contribution in [0.15, 0.2) is 24.4 Å². The molecule has 1 fully saturated rings. The van der Waals surface area contributed by atoms with Gasteiger partial charge in [-0.25, -0.2) is 8.42 Å². The Balaban J connectivity index is 2.45. The molecule has 0 spiro atoms. The lowest BCUT2D eigenvalue weighted by atomic mass is 9.93. The average Bonchev–Trinajstić information content (AvgIpc) is 2.52. The van der Waals surface area contributed by atoms with Crippen LogP contribution >= 0.6 is 0 Å². The molecule has 1 aromatic carbocycles. The third kappa shape index (κ3) is 4.57. The van der Waals surface area contributed by atoms with Gasteiger partial charge in [-0.2, -0.15) is 5.26 Å². The number of methoxy groups -OCH3 is 1. The summed E-state index contributed by atoms with van der Waals surface area (Å²) in [6.07, 6.45) is 6.07. The minimum Gasteiger partial charge on any atom is -0.492 e. The second kappa shape index (κ2) is 8.12. The maximum atomic E-state index is 12.4. The van der Waals surface area contributed by atoms with Gasteiger partial charge in [0.1, 0.15) is 5.69 Å². The number of benzene rings is 1. The summed E-state index contributed by atoms with van der Waals surface area (Å²) in [7, 11) is -2.06. The van der Waals surface area contributed by atoms with Crippen LogP contribution < -0.4 is 20.1 Å². The zero-order valence-corrected chi connectivity index (χ0v) is 15.5. The molecule has 1 aliphatic carbocycles. The second-order valence-corrected chi connectivity index (χ2v) is 8.38. The van der Waals surface area contributed by atoms with E-state index in [1.54, 1.807) is 19.9 Å². The van der Waals surface area contributed by atoms with Gasteiger partial charge in [0, 0.05) is 18.3 Å². The molecular formula is C17H24N4O3S. The van der Waals surface area contributed by atoms with E-state index >= 15 is 0 Å². The maximum absolute atomic E-state index is 12.4. The first-order chi connectivity index (χ1) is 11.9. The Kier molecular flexibility index (Phi) is 6.15. The molecule has 0 bridgehead atoms. The van der Waals surface area contributed by atoms with E-state index in [1.165, 1.54) is 25.8 Å². The SMILES string of the molecule is COc1c(NC2CCC2)ccc(N/C=C/C#N)c1NS(=O)(=O)C(C)C. The fraction of sp³-hybridized carbons (Fsp3) is 0.471. The van der Waals surface area contributed by atoms with Gasteiger partial charge in [0.2, 0.25) is 10.0 Å². The third-order valence-electron chi connectivity index (χ3n) is 4.09. The molecule has 3 N–H and O–H groups in total. The monoisotopic (exact) mass is 364 g/mol. The van der Waals surface area contributed by atoms with Crippen LogP contribution in [-0.4, -0.2) is 26.8 Å². The van der Waals surface area contributed by atoms with Gasteiger partial charge < -0.3 is 15.4 Å². The van der Waals surface area contributed by atoms with Crippen LogP contribution in [0.4, 0.5) is 17.1 Å². The van der Waals surface area contributed by atoms with Crippen molar-refractivity contribution < 1.29 is 13.2 Å². The highest BCUT2D eigenvalue weighted by Crippen LogP contribution is 2.41. The fourth-order valence-electron chi connectivity index (χ4n) is 2.33. The Morgan fingerprint density at radius 2 is 2.00 bits per heavy atom. The highest BCUT2D eigenvalue weighted by Gasteiger charge is 2.24. The number of ether oxygens (including phenoxy) is 1. The van der Waals surface area contributed by atoms with Crippen LogP contribution in [0.25, 0.3) is 0 Å². The van der Waals surface area contributed by atoms with E-state index in [4.69, 9.17) is 10.00 Å². The Morgan fingerprint density at radius 3 is 2.52 bits per heavy atom. The molecule has 0 unspecified atom stereocenters. The number of anilines is 3. The second-order valence-electron chi connectivity index (χ2n) is 6.14. The lowest BCUT2D eigenvalue weighted by Crippen LogP contribution is -2.27. The van der Waals surface area contributed by atoms with Crippen molar-refractivity contribution in [3.63, 3.8) is 0 Å². The number of nitrogens with zero attached hydrogens (tertiary/aromatic N) is 1. The van der Waals surface area contributed by atoms with Crippen molar-refractivity contribution in [1.82, 2.24) is 0 Å². The molecular weight excluding hydrogens is 340 g/mol. The molecule has 1 aliphatic rings. The standard InChI is InChI=1S/C17H24N4O3S/c1-12(2)25(22,23)21-16-14(19-11-5-10-18)8-9-15(17(16)24-3)20-13-6-4-7-13/h5,8-9,11-13,19-21H,4,6-7H2,1-3H3/b11-5+. The highest BCUT2D eigenvalue weighted by molar-refractivity contribution is 7.93. The van der Waals surface area contributed by atoms with Gasteiger partial charge in [-0.15, -0.1) is 0 Å². The van der Waals surface area contributed by atoms with Crippen LogP contribution in [0.2, 0.25) is 0 Å². The van der Waals surface area contributed by atoms with Gasteiger partial charge in [0.25, 0.3) is 0 Å². The maximum Gasteiger partial charge on any atom is 0.235 e. The summed E-state index contributed by atoms with van der Waals surface area (Å²) in [5.74, 6) is 0.423. The van der Waals surface area contributed by atoms with Crippen LogP contribution in [-0.2, 0) is 10.0 Å². The van der Waals surface area contributed by atoms with Crippen molar-refractivity contribution in [3.8, 4) is 11.8 Å². The number of rotatable bonds is 8. The number of sulfonamides is 1. The van der Waals surface area contributed by atoms with Crippen molar-refractivity contribution in [2.45, 2.75) is 44.4 Å². The van der Waals surface area contributed by atoms with E-state index in [0.717, 1.165) is 18.5 Å². The highest BCUT2D eigenvalue weighted by atomic mass is 32.2. The Morgan fingerprint density at radius 1 is 1.32 bits per heavy atom. The molecule has 136 valence electrons. The number of allylic oxidation sites excluding steroid dienone is 1. The molecule has 0 amide bonds. The number of hydrogen-bond donors (Lipinski definition) is 3. The zero-order valence-electron chi connectivity index (χ0n) is 14.7. The average molecular weight is 364 g/mol. The van der Waals surface area contributed by atoms with E-state index in [2.05, 4.69) is 15.4 Å². The first-order valence-corrected chi connectivity index (χ1v) is 9.74. The van der Waals surface area contributed by atoms with Gasteiger partial charge in [0.05, 0.1) is 29.8 Å². The number of nitrogens with one attached hydrogen (secondary N) is 3. The Labute approximate surface area is 149 Å². The largest absolute Gasteiger partial charge is 0.492 e. The molecule has 0 aliphatic heterocycles. The normalized spacial score (nSPS) is 14.8. The molecule has 2 rings (SSSR count). The van der Waals surface area contributed by atoms with E-state index in [0.29, 0.717) is 23.2 Å². The lowest BCUT2D eigenvalue weighted by Gasteiger charge is -2.29. The molecule has 25 heavy (non-hydrogen) atoms. The summed E-state index contributed by atoms with van der Waals surface area (Å²) >= 11 is 0. The molecule has 1 saturated carbocycles. The minimum atomic E-state index is -3.56. The molecule has 8 heteroatoms. The van der Waals surface area contributed by atoms with Gasteiger partial charge in [-0.1, -0.05) is 0 Å². The molecule has 0 heterocycles. The van der Waals surface area contributed by atoms with Crippen LogP contribution in [0.5, 0.6) is 5.75 Å². The van der Waals surface area contributed by atoms with Gasteiger partial charge in [-0.05, 0) is 45.2 Å². The van der Waals surface area contributed by atoms with Crippen molar-refractivity contribution in [1.29, 1.82) is 5.26 Å². The van der Waals surface area contributed by atoms with Crippen molar-refractivity contribution in [3.05, 3.63) is 24.4 Å². The van der Waals surface area contributed by atoms with Crippen LogP contribution in [0.1, 0.15) is 33.1 Å². The van der Waals surface area contributed by atoms with E-state index < -0.39 is 15.3 Å². The molecule has 0 radical (unpaired) electrons. The summed E-state index contributed by atoms with van der Waals surface area (Å²) in [4.78, 5) is 0. The first-order valence-electron chi connectivity index (χ1n) is 8.19. The molecule has 7 nitrogen and oxygen atoms in total. The number of nitriles is 1. The summed E-state index contributed by atoms with van der Waals surface area (Å²) < 4.78 is 32.8. The van der Waals surface area contributed by atoms with Gasteiger partial charge in [-0.3, -0.25) is 4.72 Å². The fourth-order valence-corrected chi connectivity index (χ4v) is 3.05. The summed E-state index contributed by atoms with van der Waals surface area (Å²) in [6.45, 7) is 3.21. The Hall–Kier alpha value is -2.40. The predicted molar refractivity (Wildman–Crippen MR) is 100 cm³/mol. The van der Waals surface area contributed by atoms with Crippen LogP contribution in [0, 0.1) is 11.3 Å².